The molecule has 10 heteroatoms. The summed E-state index contributed by atoms with van der Waals surface area (Å²) in [5.41, 5.74) is 10.8. The first kappa shape index (κ1) is 28.4. The highest BCUT2D eigenvalue weighted by Gasteiger charge is 2.32. The van der Waals surface area contributed by atoms with Gasteiger partial charge in [-0.2, -0.15) is 0 Å². The van der Waals surface area contributed by atoms with Crippen LogP contribution in [0.5, 0.6) is 0 Å². The lowest BCUT2D eigenvalue weighted by Crippen LogP contribution is -2.53. The van der Waals surface area contributed by atoms with Crippen molar-refractivity contribution < 1.29 is 28.5 Å². The number of nitrogens with zero attached hydrogens (tertiary/aromatic N) is 2. The van der Waals surface area contributed by atoms with E-state index in [9.17, 15) is 9.59 Å². The summed E-state index contributed by atoms with van der Waals surface area (Å²) in [4.78, 5) is 26.9. The molecule has 0 aromatic carbocycles. The van der Waals surface area contributed by atoms with E-state index in [0.29, 0.717) is 26.2 Å². The molecule has 188 valence electrons. The molecule has 4 N–H and O–H groups in total. The molecule has 0 bridgehead atoms. The average molecular weight is 461 g/mol. The summed E-state index contributed by atoms with van der Waals surface area (Å²) in [5.74, 6) is 0. The number of carbonyl (C=O) groups is 2. The van der Waals surface area contributed by atoms with Gasteiger partial charge in [-0.1, -0.05) is 0 Å². The van der Waals surface area contributed by atoms with Crippen molar-refractivity contribution in [3.63, 3.8) is 0 Å². The standard InChI is InChI=1S/2C11H22N2O3/c2*1-11(2,3)16-10(14)13-6-5-8(12)9(7-13)15-4/h2*8-9H,5-7,12H2,1-4H3/t2*8-,9-/m10/s1. The van der Waals surface area contributed by atoms with Gasteiger partial charge in [-0.05, 0) is 54.4 Å². The number of piperidine rings is 2. The van der Waals surface area contributed by atoms with Crippen LogP contribution in [0.1, 0.15) is 54.4 Å². The zero-order valence-corrected chi connectivity index (χ0v) is 21.1. The number of hydrogen-bond acceptors (Lipinski definition) is 8. The number of rotatable bonds is 2. The number of carbonyl (C=O) groups excluding carboxylic acids is 2. The third kappa shape index (κ3) is 9.89. The molecule has 2 aliphatic rings. The maximum atomic E-state index is 11.8. The van der Waals surface area contributed by atoms with Crippen LogP contribution in [-0.4, -0.2) is 97.9 Å². The van der Waals surface area contributed by atoms with Crippen LogP contribution in [0, 0.1) is 0 Å². The third-order valence-electron chi connectivity index (χ3n) is 5.13. The first-order valence-electron chi connectivity index (χ1n) is 11.2. The molecule has 32 heavy (non-hydrogen) atoms. The molecular weight excluding hydrogens is 416 g/mol. The minimum Gasteiger partial charge on any atom is -0.444 e. The molecule has 0 saturated carbocycles. The Balaban J connectivity index is 0.000000320. The first-order chi connectivity index (χ1) is 14.7. The minimum atomic E-state index is -0.459. The van der Waals surface area contributed by atoms with Crippen LogP contribution in [0.2, 0.25) is 0 Å². The van der Waals surface area contributed by atoms with E-state index < -0.39 is 11.2 Å². The lowest BCUT2D eigenvalue weighted by atomic mass is 10.0. The van der Waals surface area contributed by atoms with Gasteiger partial charge < -0.3 is 40.2 Å². The van der Waals surface area contributed by atoms with Gasteiger partial charge in [0, 0.05) is 39.4 Å². The molecule has 0 aromatic heterocycles. The fraction of sp³-hybridized carbons (Fsp3) is 0.909. The third-order valence-corrected chi connectivity index (χ3v) is 5.13. The Labute approximate surface area is 192 Å². The van der Waals surface area contributed by atoms with E-state index in [1.165, 1.54) is 0 Å². The van der Waals surface area contributed by atoms with Gasteiger partial charge in [-0.3, -0.25) is 0 Å². The molecule has 4 atom stereocenters. The summed E-state index contributed by atoms with van der Waals surface area (Å²) in [7, 11) is 3.23. The largest absolute Gasteiger partial charge is 0.444 e. The van der Waals surface area contributed by atoms with Crippen molar-refractivity contribution in [2.24, 2.45) is 11.5 Å². The molecular formula is C22H44N4O6. The monoisotopic (exact) mass is 460 g/mol. The van der Waals surface area contributed by atoms with Crippen LogP contribution in [-0.2, 0) is 18.9 Å². The van der Waals surface area contributed by atoms with Gasteiger partial charge in [0.15, 0.2) is 0 Å². The maximum absolute atomic E-state index is 11.8. The van der Waals surface area contributed by atoms with Gasteiger partial charge in [0.1, 0.15) is 11.2 Å². The molecule has 0 radical (unpaired) electrons. The second kappa shape index (κ2) is 12.0. The maximum Gasteiger partial charge on any atom is 0.410 e. The van der Waals surface area contributed by atoms with Crippen LogP contribution in [0.25, 0.3) is 0 Å². The second-order valence-corrected chi connectivity index (χ2v) is 10.3. The van der Waals surface area contributed by atoms with Crippen LogP contribution in [0.3, 0.4) is 0 Å². The Bertz CT molecular complexity index is 552. The summed E-state index contributed by atoms with van der Waals surface area (Å²) >= 11 is 0. The molecule has 0 aliphatic carbocycles. The predicted octanol–water partition coefficient (Wildman–Crippen LogP) is 1.94. The molecule has 2 aliphatic heterocycles. The average Bonchev–Trinajstić information content (AvgIpc) is 2.66. The zero-order valence-electron chi connectivity index (χ0n) is 21.1. The number of methoxy groups -OCH3 is 2. The summed E-state index contributed by atoms with van der Waals surface area (Å²) in [6, 6.07) is 0.00683. The van der Waals surface area contributed by atoms with Crippen molar-refractivity contribution in [2.75, 3.05) is 40.4 Å². The van der Waals surface area contributed by atoms with Crippen LogP contribution in [0.15, 0.2) is 0 Å². The summed E-state index contributed by atoms with van der Waals surface area (Å²) < 4.78 is 21.1. The smallest absolute Gasteiger partial charge is 0.410 e. The van der Waals surface area contributed by atoms with Crippen molar-refractivity contribution in [1.82, 2.24) is 9.80 Å². The second-order valence-electron chi connectivity index (χ2n) is 10.3. The van der Waals surface area contributed by atoms with E-state index in [2.05, 4.69) is 0 Å². The SMILES string of the molecule is CO[C@@H]1CN(C(=O)OC(C)(C)C)CC[C@H]1N.CO[C@H]1CN(C(=O)OC(C)(C)C)CC[C@@H]1N. The molecule has 2 saturated heterocycles. The van der Waals surface area contributed by atoms with E-state index in [1.54, 1.807) is 24.0 Å². The Morgan fingerprint density at radius 2 is 1.03 bits per heavy atom. The van der Waals surface area contributed by atoms with E-state index in [0.717, 1.165) is 12.8 Å². The molecule has 10 nitrogen and oxygen atoms in total. The van der Waals surface area contributed by atoms with E-state index in [-0.39, 0.29) is 36.5 Å². The zero-order chi connectivity index (χ0) is 24.7. The lowest BCUT2D eigenvalue weighted by molar-refractivity contribution is -0.0131. The van der Waals surface area contributed by atoms with E-state index in [4.69, 9.17) is 30.4 Å². The minimum absolute atomic E-state index is 0.00341. The van der Waals surface area contributed by atoms with Gasteiger partial charge in [0.05, 0.1) is 25.3 Å². The van der Waals surface area contributed by atoms with Crippen molar-refractivity contribution in [2.45, 2.75) is 89.9 Å². The number of ether oxygens (including phenoxy) is 4. The van der Waals surface area contributed by atoms with Crippen molar-refractivity contribution in [3.05, 3.63) is 0 Å². The summed E-state index contributed by atoms with van der Waals surface area (Å²) in [5, 5.41) is 0. The molecule has 0 spiro atoms. The molecule has 2 rings (SSSR count). The Kier molecular flexibility index (Phi) is 10.7. The van der Waals surface area contributed by atoms with Gasteiger partial charge in [-0.25, -0.2) is 9.59 Å². The molecule has 2 amide bonds. The summed E-state index contributed by atoms with van der Waals surface area (Å²) in [6.07, 6.45) is 0.723. The highest BCUT2D eigenvalue weighted by atomic mass is 16.6. The molecule has 0 unspecified atom stereocenters. The predicted molar refractivity (Wildman–Crippen MR) is 122 cm³/mol. The Morgan fingerprint density at radius 1 is 0.719 bits per heavy atom. The van der Waals surface area contributed by atoms with Crippen LogP contribution < -0.4 is 11.5 Å². The lowest BCUT2D eigenvalue weighted by Gasteiger charge is -2.36. The highest BCUT2D eigenvalue weighted by molar-refractivity contribution is 5.68. The van der Waals surface area contributed by atoms with Gasteiger partial charge >= 0.3 is 12.2 Å². The fourth-order valence-electron chi connectivity index (χ4n) is 3.35. The summed E-state index contributed by atoms with van der Waals surface area (Å²) in [6.45, 7) is 13.4. The number of hydrogen-bond donors (Lipinski definition) is 2. The van der Waals surface area contributed by atoms with E-state index >= 15 is 0 Å². The topological polar surface area (TPSA) is 130 Å². The number of likely N-dealkylation sites (tertiary alicyclic amines) is 2. The van der Waals surface area contributed by atoms with Gasteiger partial charge in [0.25, 0.3) is 0 Å². The highest BCUT2D eigenvalue weighted by Crippen LogP contribution is 2.17. The van der Waals surface area contributed by atoms with Crippen LogP contribution >= 0.6 is 0 Å². The Morgan fingerprint density at radius 3 is 1.28 bits per heavy atom. The quantitative estimate of drug-likeness (QED) is 0.639. The number of amides is 2. The van der Waals surface area contributed by atoms with Gasteiger partial charge in [-0.15, -0.1) is 0 Å². The number of nitrogens with two attached hydrogens (primary N) is 2. The van der Waals surface area contributed by atoms with Crippen molar-refractivity contribution in [3.8, 4) is 0 Å². The Hall–Kier alpha value is -1.62. The van der Waals surface area contributed by atoms with Gasteiger partial charge in [0.2, 0.25) is 0 Å². The first-order valence-corrected chi connectivity index (χ1v) is 11.2. The van der Waals surface area contributed by atoms with Crippen molar-refractivity contribution in [1.29, 1.82) is 0 Å². The van der Waals surface area contributed by atoms with Crippen LogP contribution in [0.4, 0.5) is 9.59 Å². The fourth-order valence-corrected chi connectivity index (χ4v) is 3.35. The van der Waals surface area contributed by atoms with Crippen molar-refractivity contribution >= 4 is 12.2 Å². The van der Waals surface area contributed by atoms with E-state index in [1.807, 2.05) is 41.5 Å². The molecule has 2 fully saturated rings. The molecule has 0 aromatic rings. The normalized spacial score (nSPS) is 26.7. The molecule has 2 heterocycles.